The second-order valence-corrected chi connectivity index (χ2v) is 5.16. The highest BCUT2D eigenvalue weighted by atomic mass is 16.3. The monoisotopic (exact) mass is 248 g/mol. The third kappa shape index (κ3) is 3.80. The van der Waals surface area contributed by atoms with Crippen LogP contribution in [0.3, 0.4) is 0 Å². The Balaban J connectivity index is 1.91. The number of hydrogen-bond acceptors (Lipinski definition) is 3. The molecule has 1 heterocycles. The van der Waals surface area contributed by atoms with Crippen molar-refractivity contribution in [1.82, 2.24) is 10.6 Å². The Kier molecular flexibility index (Phi) is 5.17. The van der Waals surface area contributed by atoms with E-state index in [4.69, 9.17) is 0 Å². The molecule has 0 bridgehead atoms. The first-order chi connectivity index (χ1) is 8.77. The summed E-state index contributed by atoms with van der Waals surface area (Å²) in [4.78, 5) is 0. The quantitative estimate of drug-likeness (QED) is 0.698. The van der Waals surface area contributed by atoms with Gasteiger partial charge in [0.1, 0.15) is 0 Å². The van der Waals surface area contributed by atoms with Crippen molar-refractivity contribution in [3.05, 3.63) is 35.4 Å². The summed E-state index contributed by atoms with van der Waals surface area (Å²) in [7, 11) is 0. The molecule has 1 aromatic rings. The summed E-state index contributed by atoms with van der Waals surface area (Å²) >= 11 is 0. The Labute approximate surface area is 110 Å². The van der Waals surface area contributed by atoms with Gasteiger partial charge in [-0.25, -0.2) is 0 Å². The van der Waals surface area contributed by atoms with Crippen LogP contribution in [0, 0.1) is 0 Å². The van der Waals surface area contributed by atoms with Gasteiger partial charge in [0.15, 0.2) is 0 Å². The predicted octanol–water partition coefficient (Wildman–Crippen LogP) is 1.97. The van der Waals surface area contributed by atoms with Crippen molar-refractivity contribution < 1.29 is 5.11 Å². The SMILES string of the molecule is CC(O)CCCNC1CCNCc2ccccc21. The van der Waals surface area contributed by atoms with E-state index in [1.165, 1.54) is 11.1 Å². The van der Waals surface area contributed by atoms with Gasteiger partial charge in [0.05, 0.1) is 6.10 Å². The largest absolute Gasteiger partial charge is 0.393 e. The molecule has 1 aliphatic rings. The van der Waals surface area contributed by atoms with E-state index in [9.17, 15) is 5.11 Å². The molecule has 0 aromatic heterocycles. The van der Waals surface area contributed by atoms with Crippen LogP contribution in [-0.4, -0.2) is 24.3 Å². The molecule has 1 aliphatic heterocycles. The van der Waals surface area contributed by atoms with Gasteiger partial charge in [-0.05, 0) is 50.4 Å². The maximum absolute atomic E-state index is 9.25. The van der Waals surface area contributed by atoms with Crippen molar-refractivity contribution in [1.29, 1.82) is 0 Å². The molecule has 2 rings (SSSR count). The highest BCUT2D eigenvalue weighted by Gasteiger charge is 2.16. The predicted molar refractivity (Wildman–Crippen MR) is 74.4 cm³/mol. The first kappa shape index (κ1) is 13.5. The van der Waals surface area contributed by atoms with Gasteiger partial charge in [0.25, 0.3) is 0 Å². The van der Waals surface area contributed by atoms with Crippen LogP contribution < -0.4 is 10.6 Å². The Morgan fingerprint density at radius 2 is 2.28 bits per heavy atom. The number of nitrogens with one attached hydrogen (secondary N) is 2. The Morgan fingerprint density at radius 3 is 3.11 bits per heavy atom. The lowest BCUT2D eigenvalue weighted by molar-refractivity contribution is 0.181. The van der Waals surface area contributed by atoms with E-state index in [0.29, 0.717) is 6.04 Å². The van der Waals surface area contributed by atoms with Crippen LogP contribution in [0.25, 0.3) is 0 Å². The van der Waals surface area contributed by atoms with Crippen molar-refractivity contribution in [3.8, 4) is 0 Å². The zero-order chi connectivity index (χ0) is 12.8. The van der Waals surface area contributed by atoms with Gasteiger partial charge in [0.2, 0.25) is 0 Å². The molecule has 3 heteroatoms. The molecule has 0 amide bonds. The van der Waals surface area contributed by atoms with Crippen LogP contribution in [0.1, 0.15) is 43.4 Å². The van der Waals surface area contributed by atoms with Gasteiger partial charge in [-0.15, -0.1) is 0 Å². The molecule has 100 valence electrons. The Morgan fingerprint density at radius 1 is 1.44 bits per heavy atom. The molecular formula is C15H24N2O. The molecule has 18 heavy (non-hydrogen) atoms. The molecule has 3 N–H and O–H groups in total. The summed E-state index contributed by atoms with van der Waals surface area (Å²) in [6.07, 6.45) is 2.85. The van der Waals surface area contributed by atoms with Crippen LogP contribution in [0.5, 0.6) is 0 Å². The summed E-state index contributed by atoms with van der Waals surface area (Å²) in [5.41, 5.74) is 2.84. The lowest BCUT2D eigenvalue weighted by Gasteiger charge is -2.19. The van der Waals surface area contributed by atoms with Gasteiger partial charge < -0.3 is 15.7 Å². The van der Waals surface area contributed by atoms with Crippen molar-refractivity contribution in [3.63, 3.8) is 0 Å². The summed E-state index contributed by atoms with van der Waals surface area (Å²) in [5.74, 6) is 0. The maximum Gasteiger partial charge on any atom is 0.0512 e. The molecule has 0 fully saturated rings. The average molecular weight is 248 g/mol. The zero-order valence-electron chi connectivity index (χ0n) is 11.2. The van der Waals surface area contributed by atoms with Crippen molar-refractivity contribution in [2.75, 3.05) is 13.1 Å². The highest BCUT2D eigenvalue weighted by Crippen LogP contribution is 2.23. The summed E-state index contributed by atoms with van der Waals surface area (Å²) < 4.78 is 0. The fourth-order valence-corrected chi connectivity index (χ4v) is 2.55. The van der Waals surface area contributed by atoms with Crippen LogP contribution in [0.15, 0.2) is 24.3 Å². The topological polar surface area (TPSA) is 44.3 Å². The molecule has 1 aromatic carbocycles. The fourth-order valence-electron chi connectivity index (χ4n) is 2.55. The van der Waals surface area contributed by atoms with Crippen molar-refractivity contribution in [2.24, 2.45) is 0 Å². The average Bonchev–Trinajstić information content (AvgIpc) is 2.57. The van der Waals surface area contributed by atoms with Crippen LogP contribution in [-0.2, 0) is 6.54 Å². The summed E-state index contributed by atoms with van der Waals surface area (Å²) in [5, 5.41) is 16.3. The van der Waals surface area contributed by atoms with Crippen LogP contribution in [0.4, 0.5) is 0 Å². The second-order valence-electron chi connectivity index (χ2n) is 5.16. The first-order valence-electron chi connectivity index (χ1n) is 6.97. The molecule has 0 saturated carbocycles. The van der Waals surface area contributed by atoms with E-state index < -0.39 is 0 Å². The lowest BCUT2D eigenvalue weighted by atomic mass is 9.99. The van der Waals surface area contributed by atoms with E-state index in [2.05, 4.69) is 34.9 Å². The van der Waals surface area contributed by atoms with Gasteiger partial charge in [-0.3, -0.25) is 0 Å². The smallest absolute Gasteiger partial charge is 0.0512 e. The third-order valence-electron chi connectivity index (χ3n) is 3.55. The molecule has 2 atom stereocenters. The standard InChI is InChI=1S/C15H24N2O/c1-12(18)5-4-9-17-15-8-10-16-11-13-6-2-3-7-14(13)15/h2-3,6-7,12,15-18H,4-5,8-11H2,1H3. The second kappa shape index (κ2) is 6.88. The molecule has 0 saturated heterocycles. The number of aliphatic hydroxyl groups is 1. The summed E-state index contributed by atoms with van der Waals surface area (Å²) in [6.45, 7) is 4.86. The van der Waals surface area contributed by atoms with E-state index in [-0.39, 0.29) is 6.10 Å². The van der Waals surface area contributed by atoms with Crippen molar-refractivity contribution in [2.45, 2.75) is 44.9 Å². The molecular weight excluding hydrogens is 224 g/mol. The lowest BCUT2D eigenvalue weighted by Crippen LogP contribution is -2.24. The van der Waals surface area contributed by atoms with Gasteiger partial charge in [0, 0.05) is 12.6 Å². The molecule has 3 nitrogen and oxygen atoms in total. The minimum absolute atomic E-state index is 0.185. The van der Waals surface area contributed by atoms with E-state index >= 15 is 0 Å². The number of fused-ring (bicyclic) bond motifs is 1. The molecule has 0 radical (unpaired) electrons. The normalized spacial score (nSPS) is 21.1. The Hall–Kier alpha value is -0.900. The van der Waals surface area contributed by atoms with E-state index in [1.807, 2.05) is 6.92 Å². The van der Waals surface area contributed by atoms with Gasteiger partial charge in [-0.2, -0.15) is 0 Å². The highest BCUT2D eigenvalue weighted by molar-refractivity contribution is 5.30. The van der Waals surface area contributed by atoms with Crippen LogP contribution in [0.2, 0.25) is 0 Å². The molecule has 0 aliphatic carbocycles. The number of aliphatic hydroxyl groups excluding tert-OH is 1. The maximum atomic E-state index is 9.25. The minimum Gasteiger partial charge on any atom is -0.393 e. The number of hydrogen-bond donors (Lipinski definition) is 3. The molecule has 0 spiro atoms. The minimum atomic E-state index is -0.185. The zero-order valence-corrected chi connectivity index (χ0v) is 11.2. The van der Waals surface area contributed by atoms with Crippen molar-refractivity contribution >= 4 is 0 Å². The number of benzene rings is 1. The summed E-state index contributed by atoms with van der Waals surface area (Å²) in [6, 6.07) is 9.11. The van der Waals surface area contributed by atoms with Gasteiger partial charge >= 0.3 is 0 Å². The first-order valence-corrected chi connectivity index (χ1v) is 6.97. The van der Waals surface area contributed by atoms with E-state index in [1.54, 1.807) is 0 Å². The van der Waals surface area contributed by atoms with Gasteiger partial charge in [-0.1, -0.05) is 24.3 Å². The fraction of sp³-hybridized carbons (Fsp3) is 0.600. The van der Waals surface area contributed by atoms with E-state index in [0.717, 1.165) is 38.9 Å². The third-order valence-corrected chi connectivity index (χ3v) is 3.55. The molecule has 2 unspecified atom stereocenters. The van der Waals surface area contributed by atoms with Crippen LogP contribution >= 0.6 is 0 Å². The Bertz CT molecular complexity index is 365. The number of rotatable bonds is 5.